The van der Waals surface area contributed by atoms with Crippen molar-refractivity contribution in [2.24, 2.45) is 0 Å². The molecule has 1 amide bonds. The number of hydrogen-bond acceptors (Lipinski definition) is 4. The molecular formula is C17H20N2O3S. The van der Waals surface area contributed by atoms with Crippen LogP contribution in [0.25, 0.3) is 0 Å². The lowest BCUT2D eigenvalue weighted by atomic mass is 10.2. The number of hydrogen-bond donors (Lipinski definition) is 0. The zero-order chi connectivity index (χ0) is 16.9. The van der Waals surface area contributed by atoms with Gasteiger partial charge >= 0.3 is 0 Å². The molecule has 0 fully saturated rings. The second-order valence-corrected chi connectivity index (χ2v) is 7.60. The highest BCUT2D eigenvalue weighted by molar-refractivity contribution is 7.91. The fraction of sp³-hybridized carbons (Fsp3) is 0.294. The maximum absolute atomic E-state index is 12.2. The van der Waals surface area contributed by atoms with Crippen molar-refractivity contribution in [1.29, 1.82) is 0 Å². The Labute approximate surface area is 136 Å². The quantitative estimate of drug-likeness (QED) is 0.813. The number of carbonyl (C=O) groups excluding carboxylic acids is 1. The summed E-state index contributed by atoms with van der Waals surface area (Å²) in [5, 5.41) is 0. The number of carbonyl (C=O) groups is 1. The third-order valence-corrected chi connectivity index (χ3v) is 5.27. The van der Waals surface area contributed by atoms with Gasteiger partial charge < -0.3 is 4.90 Å². The molecule has 2 rings (SSSR count). The number of rotatable bonds is 6. The van der Waals surface area contributed by atoms with Crippen LogP contribution in [0.3, 0.4) is 0 Å². The highest BCUT2D eigenvalue weighted by Gasteiger charge is 2.18. The molecule has 1 aromatic heterocycles. The van der Waals surface area contributed by atoms with Crippen molar-refractivity contribution in [2.45, 2.75) is 24.8 Å². The Morgan fingerprint density at radius 2 is 1.87 bits per heavy atom. The van der Waals surface area contributed by atoms with E-state index in [2.05, 4.69) is 4.98 Å². The van der Waals surface area contributed by atoms with Gasteiger partial charge in [-0.25, -0.2) is 8.42 Å². The van der Waals surface area contributed by atoms with Crippen LogP contribution in [-0.2, 0) is 21.2 Å². The summed E-state index contributed by atoms with van der Waals surface area (Å²) >= 11 is 0. The molecule has 1 aromatic carbocycles. The summed E-state index contributed by atoms with van der Waals surface area (Å²) in [7, 11) is -1.78. The van der Waals surface area contributed by atoms with Gasteiger partial charge in [0, 0.05) is 32.4 Å². The lowest BCUT2D eigenvalue weighted by Gasteiger charge is -2.17. The Balaban J connectivity index is 1.94. The Morgan fingerprint density at radius 3 is 2.48 bits per heavy atom. The molecule has 0 saturated heterocycles. The van der Waals surface area contributed by atoms with E-state index in [1.54, 1.807) is 49.8 Å². The van der Waals surface area contributed by atoms with E-state index in [9.17, 15) is 13.2 Å². The largest absolute Gasteiger partial charge is 0.341 e. The summed E-state index contributed by atoms with van der Waals surface area (Å²) in [6.45, 7) is 2.31. The van der Waals surface area contributed by atoms with Crippen LogP contribution >= 0.6 is 0 Å². The average Bonchev–Trinajstić information content (AvgIpc) is 2.54. The van der Waals surface area contributed by atoms with Crippen molar-refractivity contribution in [3.63, 3.8) is 0 Å². The second kappa shape index (κ2) is 7.37. The van der Waals surface area contributed by atoms with Crippen molar-refractivity contribution in [1.82, 2.24) is 9.88 Å². The molecule has 5 nitrogen and oxygen atoms in total. The minimum absolute atomic E-state index is 0.0348. The lowest BCUT2D eigenvalue weighted by molar-refractivity contribution is -0.130. The Kier molecular flexibility index (Phi) is 5.50. The predicted octanol–water partition coefficient (Wildman–Crippen LogP) is 2.21. The number of benzene rings is 1. The standard InChI is InChI=1S/C17H20N2O3S/c1-14-5-7-16(8-6-14)23(21,22)11-9-17(20)19(2)13-15-4-3-10-18-12-15/h3-8,10,12H,9,11,13H2,1-2H3. The summed E-state index contributed by atoms with van der Waals surface area (Å²) in [4.78, 5) is 17.9. The highest BCUT2D eigenvalue weighted by atomic mass is 32.2. The maximum Gasteiger partial charge on any atom is 0.223 e. The van der Waals surface area contributed by atoms with Gasteiger partial charge in [-0.3, -0.25) is 9.78 Å². The second-order valence-electron chi connectivity index (χ2n) is 5.49. The van der Waals surface area contributed by atoms with Gasteiger partial charge in [0.2, 0.25) is 5.91 Å². The fourth-order valence-electron chi connectivity index (χ4n) is 2.13. The summed E-state index contributed by atoms with van der Waals surface area (Å²) in [6, 6.07) is 10.3. The molecule has 0 saturated carbocycles. The zero-order valence-corrected chi connectivity index (χ0v) is 14.1. The number of nitrogens with zero attached hydrogens (tertiary/aromatic N) is 2. The van der Waals surface area contributed by atoms with Crippen molar-refractivity contribution in [3.8, 4) is 0 Å². The molecule has 1 heterocycles. The molecule has 0 spiro atoms. The topological polar surface area (TPSA) is 67.3 Å². The molecule has 0 bridgehead atoms. The van der Waals surface area contributed by atoms with Crippen LogP contribution in [0.15, 0.2) is 53.7 Å². The molecule has 0 atom stereocenters. The van der Waals surface area contributed by atoms with E-state index in [4.69, 9.17) is 0 Å². The Morgan fingerprint density at radius 1 is 1.17 bits per heavy atom. The molecule has 0 N–H and O–H groups in total. The number of aryl methyl sites for hydroxylation is 1. The van der Waals surface area contributed by atoms with Crippen LogP contribution in [0.2, 0.25) is 0 Å². The normalized spacial score (nSPS) is 11.2. The molecule has 0 aliphatic heterocycles. The van der Waals surface area contributed by atoms with Gasteiger partial charge in [0.05, 0.1) is 10.6 Å². The first-order valence-corrected chi connectivity index (χ1v) is 8.96. The third kappa shape index (κ3) is 4.89. The van der Waals surface area contributed by atoms with Gasteiger partial charge in [0.15, 0.2) is 9.84 Å². The van der Waals surface area contributed by atoms with E-state index in [1.807, 2.05) is 13.0 Å². The van der Waals surface area contributed by atoms with Crippen molar-refractivity contribution < 1.29 is 13.2 Å². The molecule has 122 valence electrons. The van der Waals surface area contributed by atoms with Gasteiger partial charge in [-0.15, -0.1) is 0 Å². The smallest absolute Gasteiger partial charge is 0.223 e. The van der Waals surface area contributed by atoms with Gasteiger partial charge in [-0.05, 0) is 30.7 Å². The van der Waals surface area contributed by atoms with E-state index in [1.165, 1.54) is 4.90 Å². The molecule has 0 aliphatic rings. The number of pyridine rings is 1. The van der Waals surface area contributed by atoms with Crippen LogP contribution in [0.5, 0.6) is 0 Å². The minimum Gasteiger partial charge on any atom is -0.341 e. The Bertz CT molecular complexity index is 756. The van der Waals surface area contributed by atoms with Crippen LogP contribution in [0.1, 0.15) is 17.5 Å². The fourth-order valence-corrected chi connectivity index (χ4v) is 3.36. The van der Waals surface area contributed by atoms with E-state index >= 15 is 0 Å². The van der Waals surface area contributed by atoms with Crippen LogP contribution < -0.4 is 0 Å². The first kappa shape index (κ1) is 17.1. The van der Waals surface area contributed by atoms with Crippen LogP contribution in [0.4, 0.5) is 0 Å². The van der Waals surface area contributed by atoms with Crippen molar-refractivity contribution in [3.05, 3.63) is 59.9 Å². The molecule has 0 aliphatic carbocycles. The molecule has 0 radical (unpaired) electrons. The number of aromatic nitrogens is 1. The maximum atomic E-state index is 12.2. The summed E-state index contributed by atoms with van der Waals surface area (Å²) < 4.78 is 24.5. The lowest BCUT2D eigenvalue weighted by Crippen LogP contribution is -2.28. The van der Waals surface area contributed by atoms with Gasteiger partial charge in [-0.1, -0.05) is 23.8 Å². The third-order valence-electron chi connectivity index (χ3n) is 3.53. The average molecular weight is 332 g/mol. The highest BCUT2D eigenvalue weighted by Crippen LogP contribution is 2.14. The van der Waals surface area contributed by atoms with E-state index in [-0.39, 0.29) is 23.0 Å². The van der Waals surface area contributed by atoms with Crippen LogP contribution in [-0.4, -0.2) is 37.0 Å². The summed E-state index contributed by atoms with van der Waals surface area (Å²) in [5.41, 5.74) is 1.90. The van der Waals surface area contributed by atoms with E-state index in [0.717, 1.165) is 11.1 Å². The van der Waals surface area contributed by atoms with Gasteiger partial charge in [0.25, 0.3) is 0 Å². The van der Waals surface area contributed by atoms with E-state index < -0.39 is 9.84 Å². The molecule has 0 unspecified atom stereocenters. The first-order valence-electron chi connectivity index (χ1n) is 7.31. The first-order chi connectivity index (χ1) is 10.9. The van der Waals surface area contributed by atoms with E-state index in [0.29, 0.717) is 6.54 Å². The number of sulfone groups is 1. The zero-order valence-electron chi connectivity index (χ0n) is 13.3. The number of amides is 1. The monoisotopic (exact) mass is 332 g/mol. The van der Waals surface area contributed by atoms with Gasteiger partial charge in [-0.2, -0.15) is 0 Å². The minimum atomic E-state index is -3.44. The molecular weight excluding hydrogens is 312 g/mol. The SMILES string of the molecule is Cc1ccc(S(=O)(=O)CCC(=O)N(C)Cc2cccnc2)cc1. The molecule has 6 heteroatoms. The predicted molar refractivity (Wildman–Crippen MR) is 88.6 cm³/mol. The van der Waals surface area contributed by atoms with Crippen molar-refractivity contribution >= 4 is 15.7 Å². The van der Waals surface area contributed by atoms with Crippen LogP contribution in [0, 0.1) is 6.92 Å². The van der Waals surface area contributed by atoms with Gasteiger partial charge in [0.1, 0.15) is 0 Å². The Hall–Kier alpha value is -2.21. The molecule has 23 heavy (non-hydrogen) atoms. The molecule has 2 aromatic rings. The summed E-state index contributed by atoms with van der Waals surface area (Å²) in [5.74, 6) is -0.392. The van der Waals surface area contributed by atoms with Crippen molar-refractivity contribution in [2.75, 3.05) is 12.8 Å². The summed E-state index contributed by atoms with van der Waals surface area (Å²) in [6.07, 6.45) is 3.32.